The van der Waals surface area contributed by atoms with E-state index in [4.69, 9.17) is 0 Å². The number of hydrogen-bond donors (Lipinski definition) is 1. The third kappa shape index (κ3) is 4.18. The maximum absolute atomic E-state index is 4.00. The van der Waals surface area contributed by atoms with E-state index in [2.05, 4.69) is 82.5 Å². The normalized spacial score (nSPS) is 12.5. The van der Waals surface area contributed by atoms with Gasteiger partial charge >= 0.3 is 0 Å². The third-order valence-corrected chi connectivity index (χ3v) is 3.73. The van der Waals surface area contributed by atoms with Crippen molar-refractivity contribution in [3.05, 3.63) is 44.0 Å². The molecule has 88 valence electrons. The maximum atomic E-state index is 4.00. The molecule has 0 radical (unpaired) electrons. The van der Waals surface area contributed by atoms with Crippen LogP contribution in [0.25, 0.3) is 0 Å². The first-order chi connectivity index (χ1) is 7.54. The van der Waals surface area contributed by atoms with Crippen molar-refractivity contribution in [2.24, 2.45) is 0 Å². The standard InChI is InChI=1S/C13H17BrIN/c1-4-16-13(7-9(2)3)11-8-10(15)5-6-12(11)14/h5-6,8,13,16H,2,4,7H2,1,3H3. The molecule has 0 aromatic heterocycles. The van der Waals surface area contributed by atoms with Crippen LogP contribution in [0.2, 0.25) is 0 Å². The molecule has 0 aliphatic heterocycles. The summed E-state index contributed by atoms with van der Waals surface area (Å²) >= 11 is 5.96. The Morgan fingerprint density at radius 3 is 2.81 bits per heavy atom. The van der Waals surface area contributed by atoms with Crippen molar-refractivity contribution in [1.29, 1.82) is 0 Å². The van der Waals surface area contributed by atoms with Crippen LogP contribution >= 0.6 is 38.5 Å². The highest BCUT2D eigenvalue weighted by atomic mass is 127. The summed E-state index contributed by atoms with van der Waals surface area (Å²) in [6.07, 6.45) is 0.979. The molecule has 0 bridgehead atoms. The fourth-order valence-corrected chi connectivity index (χ4v) is 2.71. The third-order valence-electron chi connectivity index (χ3n) is 2.34. The number of benzene rings is 1. The first kappa shape index (κ1) is 14.2. The molecule has 1 nitrogen and oxygen atoms in total. The number of rotatable bonds is 5. The van der Waals surface area contributed by atoms with E-state index in [1.54, 1.807) is 0 Å². The molecule has 1 aromatic rings. The summed E-state index contributed by atoms with van der Waals surface area (Å²) < 4.78 is 2.43. The van der Waals surface area contributed by atoms with Crippen LogP contribution in [0.1, 0.15) is 31.9 Å². The van der Waals surface area contributed by atoms with E-state index in [9.17, 15) is 0 Å². The van der Waals surface area contributed by atoms with Gasteiger partial charge in [-0.3, -0.25) is 0 Å². The Morgan fingerprint density at radius 2 is 2.25 bits per heavy atom. The SMILES string of the molecule is C=C(C)CC(NCC)c1cc(I)ccc1Br. The Morgan fingerprint density at radius 1 is 1.56 bits per heavy atom. The fraction of sp³-hybridized carbons (Fsp3) is 0.385. The Kier molecular flexibility index (Phi) is 6.00. The molecule has 3 heteroatoms. The molecule has 0 aliphatic rings. The quantitative estimate of drug-likeness (QED) is 0.566. The lowest BCUT2D eigenvalue weighted by molar-refractivity contribution is 0.546. The summed E-state index contributed by atoms with van der Waals surface area (Å²) in [5.41, 5.74) is 2.52. The van der Waals surface area contributed by atoms with Crippen molar-refractivity contribution in [1.82, 2.24) is 5.32 Å². The summed E-state index contributed by atoms with van der Waals surface area (Å²) in [5, 5.41) is 3.50. The van der Waals surface area contributed by atoms with Crippen LogP contribution in [-0.2, 0) is 0 Å². The molecule has 0 aliphatic carbocycles. The Bertz CT molecular complexity index is 376. The molecule has 1 atom stereocenters. The van der Waals surface area contributed by atoms with E-state index in [1.807, 2.05) is 0 Å². The summed E-state index contributed by atoms with van der Waals surface area (Å²) in [6.45, 7) is 9.17. The lowest BCUT2D eigenvalue weighted by Gasteiger charge is -2.20. The minimum Gasteiger partial charge on any atom is -0.310 e. The smallest absolute Gasteiger partial charge is 0.0368 e. The second-order valence-corrected chi connectivity index (χ2v) is 6.04. The number of hydrogen-bond acceptors (Lipinski definition) is 1. The molecule has 0 fully saturated rings. The van der Waals surface area contributed by atoms with Crippen LogP contribution in [0.4, 0.5) is 0 Å². The van der Waals surface area contributed by atoms with Crippen LogP contribution in [0.5, 0.6) is 0 Å². The van der Waals surface area contributed by atoms with Gasteiger partial charge in [-0.2, -0.15) is 0 Å². The summed E-state index contributed by atoms with van der Waals surface area (Å²) in [5.74, 6) is 0. The average Bonchev–Trinajstić information content (AvgIpc) is 2.20. The lowest BCUT2D eigenvalue weighted by atomic mass is 10.0. The Hall–Kier alpha value is 0.130. The highest BCUT2D eigenvalue weighted by molar-refractivity contribution is 14.1. The zero-order valence-electron chi connectivity index (χ0n) is 9.69. The van der Waals surface area contributed by atoms with Gasteiger partial charge in [-0.25, -0.2) is 0 Å². The summed E-state index contributed by atoms with van der Waals surface area (Å²) in [4.78, 5) is 0. The molecule has 1 N–H and O–H groups in total. The molecule has 0 heterocycles. The molecule has 1 aromatic carbocycles. The van der Waals surface area contributed by atoms with Crippen LogP contribution in [0.3, 0.4) is 0 Å². The number of nitrogens with one attached hydrogen (secondary N) is 1. The van der Waals surface area contributed by atoms with Gasteiger partial charge in [0.2, 0.25) is 0 Å². The number of halogens is 2. The predicted octanol–water partition coefficient (Wildman–Crippen LogP) is 4.67. The molecule has 1 rings (SSSR count). The minimum absolute atomic E-state index is 0.353. The van der Waals surface area contributed by atoms with Crippen LogP contribution in [0, 0.1) is 3.57 Å². The van der Waals surface area contributed by atoms with Gasteiger partial charge in [0.05, 0.1) is 0 Å². The van der Waals surface area contributed by atoms with E-state index >= 15 is 0 Å². The largest absolute Gasteiger partial charge is 0.310 e. The highest BCUT2D eigenvalue weighted by Crippen LogP contribution is 2.29. The maximum Gasteiger partial charge on any atom is 0.0368 e. The van der Waals surface area contributed by atoms with Gasteiger partial charge in [0.15, 0.2) is 0 Å². The van der Waals surface area contributed by atoms with Gasteiger partial charge in [0.25, 0.3) is 0 Å². The fourth-order valence-electron chi connectivity index (χ4n) is 1.67. The molecule has 0 amide bonds. The molecule has 0 saturated carbocycles. The van der Waals surface area contributed by atoms with Crippen LogP contribution < -0.4 is 5.32 Å². The second-order valence-electron chi connectivity index (χ2n) is 3.94. The summed E-state index contributed by atoms with van der Waals surface area (Å²) in [6, 6.07) is 6.80. The van der Waals surface area contributed by atoms with Gasteiger partial charge in [-0.15, -0.1) is 6.58 Å². The van der Waals surface area contributed by atoms with Crippen LogP contribution in [-0.4, -0.2) is 6.54 Å². The Balaban J connectivity index is 2.99. The first-order valence-electron chi connectivity index (χ1n) is 5.37. The van der Waals surface area contributed by atoms with Gasteiger partial charge in [-0.1, -0.05) is 28.4 Å². The van der Waals surface area contributed by atoms with E-state index in [1.165, 1.54) is 19.2 Å². The van der Waals surface area contributed by atoms with E-state index < -0.39 is 0 Å². The van der Waals surface area contributed by atoms with Crippen molar-refractivity contribution >= 4 is 38.5 Å². The second kappa shape index (κ2) is 6.77. The van der Waals surface area contributed by atoms with Crippen LogP contribution in [0.15, 0.2) is 34.8 Å². The molecular weight excluding hydrogens is 377 g/mol. The zero-order valence-corrected chi connectivity index (χ0v) is 13.4. The van der Waals surface area contributed by atoms with Crippen molar-refractivity contribution in [2.45, 2.75) is 26.3 Å². The minimum atomic E-state index is 0.353. The van der Waals surface area contributed by atoms with E-state index in [0.717, 1.165) is 13.0 Å². The van der Waals surface area contributed by atoms with Crippen molar-refractivity contribution in [2.75, 3.05) is 6.54 Å². The topological polar surface area (TPSA) is 12.0 Å². The molecule has 0 saturated heterocycles. The zero-order chi connectivity index (χ0) is 12.1. The highest BCUT2D eigenvalue weighted by Gasteiger charge is 2.13. The molecule has 1 unspecified atom stereocenters. The lowest BCUT2D eigenvalue weighted by Crippen LogP contribution is -2.21. The van der Waals surface area contributed by atoms with E-state index in [0.29, 0.717) is 6.04 Å². The predicted molar refractivity (Wildman–Crippen MR) is 82.7 cm³/mol. The molecule has 16 heavy (non-hydrogen) atoms. The van der Waals surface area contributed by atoms with Gasteiger partial charge in [0.1, 0.15) is 0 Å². The molecule has 0 spiro atoms. The van der Waals surface area contributed by atoms with Crippen molar-refractivity contribution < 1.29 is 0 Å². The van der Waals surface area contributed by atoms with Gasteiger partial charge in [0, 0.05) is 14.1 Å². The molecular formula is C13H17BrIN. The van der Waals surface area contributed by atoms with Crippen molar-refractivity contribution in [3.8, 4) is 0 Å². The van der Waals surface area contributed by atoms with E-state index in [-0.39, 0.29) is 0 Å². The monoisotopic (exact) mass is 393 g/mol. The average molecular weight is 394 g/mol. The summed E-state index contributed by atoms with van der Waals surface area (Å²) in [7, 11) is 0. The Labute approximate surface area is 120 Å². The van der Waals surface area contributed by atoms with Gasteiger partial charge in [-0.05, 0) is 66.2 Å². The van der Waals surface area contributed by atoms with Gasteiger partial charge < -0.3 is 5.32 Å². The first-order valence-corrected chi connectivity index (χ1v) is 7.24. The van der Waals surface area contributed by atoms with Crippen molar-refractivity contribution in [3.63, 3.8) is 0 Å².